The van der Waals surface area contributed by atoms with Gasteiger partial charge < -0.3 is 65.1 Å². The molecule has 0 radical (unpaired) electrons. The van der Waals surface area contributed by atoms with Crippen molar-refractivity contribution >= 4 is 5.91 Å². The summed E-state index contributed by atoms with van der Waals surface area (Å²) in [7, 11) is 0. The second kappa shape index (κ2) is 48.1. The minimum Gasteiger partial charge on any atom is -0.394 e. The van der Waals surface area contributed by atoms with E-state index in [1.165, 1.54) is 38.5 Å². The van der Waals surface area contributed by atoms with Gasteiger partial charge in [0.25, 0.3) is 0 Å². The summed E-state index contributed by atoms with van der Waals surface area (Å²) >= 11 is 0. The molecule has 2 fully saturated rings. The third-order valence-corrected chi connectivity index (χ3v) is 13.7. The molecule has 0 bridgehead atoms. The smallest absolute Gasteiger partial charge is 0.220 e. The van der Waals surface area contributed by atoms with Crippen molar-refractivity contribution in [1.29, 1.82) is 0 Å². The van der Waals surface area contributed by atoms with Gasteiger partial charge in [-0.15, -0.1) is 0 Å². The molecule has 12 unspecified atom stereocenters. The maximum atomic E-state index is 13.2. The fourth-order valence-electron chi connectivity index (χ4n) is 8.87. The Hall–Kier alpha value is -3.61. The summed E-state index contributed by atoms with van der Waals surface area (Å²) in [6.07, 6.45) is 52.4. The number of aliphatic hydroxyl groups is 8. The maximum Gasteiger partial charge on any atom is 0.220 e. The Bertz CT molecular complexity index is 1770. The van der Waals surface area contributed by atoms with E-state index < -0.39 is 86.8 Å². The minimum atomic E-state index is -1.80. The first-order chi connectivity index (χ1) is 38.1. The summed E-state index contributed by atoms with van der Waals surface area (Å²) in [6, 6.07) is -0.933. The monoisotopic (exact) mass is 1100 g/mol. The Kier molecular flexibility index (Phi) is 43.5. The summed E-state index contributed by atoms with van der Waals surface area (Å²) in [5.74, 6) is -0.266. The van der Waals surface area contributed by atoms with Crippen LogP contribution in [0.3, 0.4) is 0 Å². The van der Waals surface area contributed by atoms with Crippen molar-refractivity contribution in [2.45, 2.75) is 254 Å². The third kappa shape index (κ3) is 33.2. The standard InChI is InChI=1S/C64H105NO13/c1-3-5-7-9-11-13-15-16-17-18-19-20-21-22-23-24-25-26-27-28-29-30-31-32-33-34-35-36-38-40-42-44-46-48-56(69)65-52(53(68)47-45-43-41-39-37-14-12-10-8-6-4-2)51-75-63-61(74)59(72)62(55(50-67)77-63)78-64-60(73)58(71)57(70)54(49-66)76-64/h5,7,11,13,16-17,19-20,22-23,25-26,28-29,31-32,34-35,45,47,52-55,57-64,66-68,70-74H,3-4,6,8-10,12,14-15,18,21,24,27,30,33,36-44,46,48-51H2,1-2H3,(H,65,69)/b7-5-,13-11-,17-16-,20-19-,23-22-,26-25-,29-28-,32-31-,35-34-,47-45+. The third-order valence-electron chi connectivity index (χ3n) is 13.7. The van der Waals surface area contributed by atoms with Gasteiger partial charge in [0.1, 0.15) is 48.8 Å². The summed E-state index contributed by atoms with van der Waals surface area (Å²) in [6.45, 7) is 2.62. The predicted molar refractivity (Wildman–Crippen MR) is 313 cm³/mol. The number of allylic oxidation sites excluding steroid dienone is 19. The first-order valence-corrected chi connectivity index (χ1v) is 29.8. The molecule has 0 aromatic rings. The second-order valence-corrected chi connectivity index (χ2v) is 20.4. The first kappa shape index (κ1) is 70.5. The molecular formula is C64H105NO13. The van der Waals surface area contributed by atoms with Gasteiger partial charge in [-0.25, -0.2) is 0 Å². The molecule has 2 aliphatic heterocycles. The topological polar surface area (TPSA) is 228 Å². The number of hydrogen-bond donors (Lipinski definition) is 9. The predicted octanol–water partition coefficient (Wildman–Crippen LogP) is 10.2. The molecule has 2 aliphatic rings. The zero-order valence-electron chi connectivity index (χ0n) is 47.6. The summed E-state index contributed by atoms with van der Waals surface area (Å²) < 4.78 is 22.7. The van der Waals surface area contributed by atoms with Crippen LogP contribution < -0.4 is 5.32 Å². The summed E-state index contributed by atoms with van der Waals surface area (Å²) in [4.78, 5) is 13.2. The highest BCUT2D eigenvalue weighted by atomic mass is 16.7. The van der Waals surface area contributed by atoms with Crippen molar-refractivity contribution in [2.24, 2.45) is 0 Å². The van der Waals surface area contributed by atoms with Gasteiger partial charge in [0.05, 0.1) is 32.0 Å². The van der Waals surface area contributed by atoms with Gasteiger partial charge in [0, 0.05) is 6.42 Å². The molecule has 9 N–H and O–H groups in total. The number of hydrogen-bond acceptors (Lipinski definition) is 13. The number of carbonyl (C=O) groups is 1. The maximum absolute atomic E-state index is 13.2. The molecule has 1 amide bonds. The van der Waals surface area contributed by atoms with E-state index in [1.54, 1.807) is 6.08 Å². The molecular weight excluding hydrogens is 991 g/mol. The Morgan fingerprint density at radius 1 is 0.474 bits per heavy atom. The van der Waals surface area contributed by atoms with E-state index in [2.05, 4.69) is 129 Å². The molecule has 0 aromatic heterocycles. The van der Waals surface area contributed by atoms with E-state index in [-0.39, 0.29) is 18.9 Å². The van der Waals surface area contributed by atoms with Crippen LogP contribution in [-0.4, -0.2) is 140 Å². The van der Waals surface area contributed by atoms with E-state index in [1.807, 2.05) is 6.08 Å². The minimum absolute atomic E-state index is 0.250. The fraction of sp³-hybridized carbons (Fsp3) is 0.672. The molecule has 2 rings (SSSR count). The van der Waals surface area contributed by atoms with Gasteiger partial charge in [-0.3, -0.25) is 4.79 Å². The summed E-state index contributed by atoms with van der Waals surface area (Å²) in [5, 5.41) is 86.9. The molecule has 78 heavy (non-hydrogen) atoms. The quantitative estimate of drug-likeness (QED) is 0.0205. The van der Waals surface area contributed by atoms with Crippen molar-refractivity contribution in [1.82, 2.24) is 5.32 Å². The second-order valence-electron chi connectivity index (χ2n) is 20.4. The van der Waals surface area contributed by atoms with Gasteiger partial charge in [0.2, 0.25) is 5.91 Å². The molecule has 12 atom stereocenters. The lowest BCUT2D eigenvalue weighted by molar-refractivity contribution is -0.359. The first-order valence-electron chi connectivity index (χ1n) is 29.8. The normalized spacial score (nSPS) is 25.5. The van der Waals surface area contributed by atoms with Gasteiger partial charge >= 0.3 is 0 Å². The number of amides is 1. The SMILES string of the molecule is CC/C=C\C/C=C\C/C=C\C/C=C\C/C=C\C/C=C\C/C=C\C/C=C\C/C=C\CCCCCCCC(=O)NC(COC1OC(CO)C(OC2OC(CO)C(O)C(O)C2O)C(O)C1O)C(O)/C=C/CCCCCCCCCCC. The number of aliphatic hydroxyl groups excluding tert-OH is 8. The molecule has 0 aliphatic carbocycles. The van der Waals surface area contributed by atoms with Crippen LogP contribution in [0, 0.1) is 0 Å². The van der Waals surface area contributed by atoms with Crippen molar-refractivity contribution in [2.75, 3.05) is 19.8 Å². The van der Waals surface area contributed by atoms with Crippen LogP contribution in [0.4, 0.5) is 0 Å². The van der Waals surface area contributed by atoms with Gasteiger partial charge in [0.15, 0.2) is 12.6 Å². The van der Waals surface area contributed by atoms with E-state index in [0.29, 0.717) is 6.42 Å². The van der Waals surface area contributed by atoms with E-state index >= 15 is 0 Å². The lowest BCUT2D eigenvalue weighted by Crippen LogP contribution is -2.65. The average Bonchev–Trinajstić information content (AvgIpc) is 3.47. The molecule has 14 nitrogen and oxygen atoms in total. The lowest BCUT2D eigenvalue weighted by Gasteiger charge is -2.46. The van der Waals surface area contributed by atoms with E-state index in [9.17, 15) is 45.6 Å². The number of rotatable bonds is 45. The van der Waals surface area contributed by atoms with Crippen molar-refractivity contribution in [3.8, 4) is 0 Å². The molecule has 0 saturated carbocycles. The van der Waals surface area contributed by atoms with Crippen LogP contribution >= 0.6 is 0 Å². The summed E-state index contributed by atoms with van der Waals surface area (Å²) in [5.41, 5.74) is 0. The highest BCUT2D eigenvalue weighted by Crippen LogP contribution is 2.30. The number of unbranched alkanes of at least 4 members (excludes halogenated alkanes) is 14. The molecule has 2 heterocycles. The van der Waals surface area contributed by atoms with Crippen molar-refractivity contribution in [3.63, 3.8) is 0 Å². The highest BCUT2D eigenvalue weighted by molar-refractivity contribution is 5.76. The molecule has 0 spiro atoms. The lowest BCUT2D eigenvalue weighted by atomic mass is 9.97. The van der Waals surface area contributed by atoms with Crippen LogP contribution in [0.25, 0.3) is 0 Å². The number of ether oxygens (including phenoxy) is 4. The Balaban J connectivity index is 1.70. The molecule has 14 heteroatoms. The van der Waals surface area contributed by atoms with Gasteiger partial charge in [-0.1, -0.05) is 206 Å². The highest BCUT2D eigenvalue weighted by Gasteiger charge is 2.51. The molecule has 444 valence electrons. The largest absolute Gasteiger partial charge is 0.394 e. The Labute approximate surface area is 469 Å². The molecule has 2 saturated heterocycles. The van der Waals surface area contributed by atoms with Crippen LogP contribution in [0.2, 0.25) is 0 Å². The molecule has 0 aromatic carbocycles. The number of nitrogens with one attached hydrogen (secondary N) is 1. The van der Waals surface area contributed by atoms with Crippen LogP contribution in [0.15, 0.2) is 122 Å². The van der Waals surface area contributed by atoms with Gasteiger partial charge in [-0.05, 0) is 89.9 Å². The van der Waals surface area contributed by atoms with Crippen LogP contribution in [0.1, 0.15) is 181 Å². The van der Waals surface area contributed by atoms with Crippen LogP contribution in [0.5, 0.6) is 0 Å². The number of carbonyl (C=O) groups excluding carboxylic acids is 1. The van der Waals surface area contributed by atoms with E-state index in [4.69, 9.17) is 18.9 Å². The Morgan fingerprint density at radius 2 is 0.885 bits per heavy atom. The van der Waals surface area contributed by atoms with Crippen molar-refractivity contribution < 1.29 is 64.6 Å². The Morgan fingerprint density at radius 3 is 1.36 bits per heavy atom. The van der Waals surface area contributed by atoms with Crippen molar-refractivity contribution in [3.05, 3.63) is 122 Å². The van der Waals surface area contributed by atoms with Gasteiger partial charge in [-0.2, -0.15) is 0 Å². The fourth-order valence-corrected chi connectivity index (χ4v) is 8.87. The van der Waals surface area contributed by atoms with Crippen LogP contribution in [-0.2, 0) is 23.7 Å². The zero-order valence-corrected chi connectivity index (χ0v) is 47.6. The average molecular weight is 1100 g/mol. The zero-order chi connectivity index (χ0) is 56.7. The van der Waals surface area contributed by atoms with E-state index in [0.717, 1.165) is 116 Å².